The van der Waals surface area contributed by atoms with Crippen molar-refractivity contribution >= 4 is 20.8 Å². The van der Waals surface area contributed by atoms with E-state index >= 15 is 0 Å². The normalized spacial score (nSPS) is 22.3. The van der Waals surface area contributed by atoms with Crippen molar-refractivity contribution in [3.05, 3.63) is 35.9 Å². The second kappa shape index (κ2) is 16.3. The van der Waals surface area contributed by atoms with Gasteiger partial charge in [0.2, 0.25) is 5.91 Å². The fourth-order valence-electron chi connectivity index (χ4n) is 4.41. The molecule has 0 saturated carbocycles. The van der Waals surface area contributed by atoms with Crippen LogP contribution < -0.4 is 5.32 Å². The summed E-state index contributed by atoms with van der Waals surface area (Å²) < 4.78 is 7.62. The molecule has 2 N–H and O–H groups in total. The Morgan fingerprint density at radius 3 is 2.59 bits per heavy atom. The number of hydrogen-bond acceptors (Lipinski definition) is 5. The molecule has 2 fully saturated rings. The lowest BCUT2D eigenvalue weighted by atomic mass is 10.0. The molecule has 0 aromatic heterocycles. The van der Waals surface area contributed by atoms with Crippen LogP contribution in [0.5, 0.6) is 0 Å². The number of hydrogen-bond donors (Lipinski definition) is 2. The molecule has 7 heteroatoms. The van der Waals surface area contributed by atoms with Crippen molar-refractivity contribution in [2.75, 3.05) is 19.3 Å². The second-order valence-electron chi connectivity index (χ2n) is 7.93. The molecule has 3 rings (SSSR count). The molecule has 182 valence electrons. The van der Waals surface area contributed by atoms with Crippen LogP contribution in [-0.2, 0) is 20.7 Å². The number of ether oxygens (including phenoxy) is 1. The van der Waals surface area contributed by atoms with Crippen LogP contribution in [0, 0.1) is 0 Å². The monoisotopic (exact) mass is 466 g/mol. The average Bonchev–Trinajstić information content (AvgIpc) is 3.28. The highest BCUT2D eigenvalue weighted by molar-refractivity contribution is 7.57. The zero-order valence-corrected chi connectivity index (χ0v) is 21.2. The third-order valence-corrected chi connectivity index (χ3v) is 9.09. The summed E-state index contributed by atoms with van der Waals surface area (Å²) in [4.78, 5) is 21.1. The number of rotatable bonds is 9. The van der Waals surface area contributed by atoms with Crippen molar-refractivity contribution in [2.24, 2.45) is 0 Å². The third-order valence-electron chi connectivity index (χ3n) is 5.94. The first-order chi connectivity index (χ1) is 15.6. The molecule has 2 aliphatic rings. The number of nitrogens with zero attached hydrogens (tertiary/aromatic N) is 1. The van der Waals surface area contributed by atoms with E-state index in [1.54, 1.807) is 0 Å². The zero-order valence-electron chi connectivity index (χ0n) is 20.3. The van der Waals surface area contributed by atoms with E-state index in [1.807, 2.05) is 52.7 Å². The molecule has 2 heterocycles. The Labute approximate surface area is 195 Å². The van der Waals surface area contributed by atoms with Gasteiger partial charge in [0.1, 0.15) is 6.79 Å². The number of nitrogens with one attached hydrogen (secondary N) is 1. The Hall–Kier alpha value is -1.33. The quantitative estimate of drug-likeness (QED) is 0.418. The maximum absolute atomic E-state index is 13.1. The number of benzene rings is 1. The van der Waals surface area contributed by atoms with E-state index in [-0.39, 0.29) is 26.1 Å². The second-order valence-corrected chi connectivity index (χ2v) is 10.5. The van der Waals surface area contributed by atoms with Crippen LogP contribution in [0.3, 0.4) is 0 Å². The smallest absolute Gasteiger partial charge is 0.242 e. The zero-order chi connectivity index (χ0) is 23.9. The molecule has 1 aromatic carbocycles. The van der Waals surface area contributed by atoms with Crippen LogP contribution >= 0.6 is 8.07 Å². The van der Waals surface area contributed by atoms with Crippen molar-refractivity contribution in [3.8, 4) is 0 Å². The summed E-state index contributed by atoms with van der Waals surface area (Å²) in [6, 6.07) is 9.67. The molecule has 5 unspecified atom stereocenters. The van der Waals surface area contributed by atoms with Crippen LogP contribution in [0.2, 0.25) is 0 Å². The molecule has 5 atom stereocenters. The molecule has 32 heavy (non-hydrogen) atoms. The van der Waals surface area contributed by atoms with E-state index in [4.69, 9.17) is 9.53 Å². The number of carbonyl (C=O) groups is 2. The number of aliphatic hydroxyl groups excluding tert-OH is 1. The number of fused-ring (bicyclic) bond motifs is 1. The highest BCUT2D eigenvalue weighted by atomic mass is 31.1. The van der Waals surface area contributed by atoms with E-state index in [9.17, 15) is 9.90 Å². The Kier molecular flexibility index (Phi) is 14.6. The summed E-state index contributed by atoms with van der Waals surface area (Å²) in [5.41, 5.74) is 1.98. The number of aliphatic hydroxyl groups is 1. The largest absolute Gasteiger partial charge is 0.367 e. The average molecular weight is 467 g/mol. The lowest BCUT2D eigenvalue weighted by molar-refractivity contribution is -0.133. The van der Waals surface area contributed by atoms with E-state index in [0.29, 0.717) is 6.61 Å². The predicted octanol–water partition coefficient (Wildman–Crippen LogP) is 4.34. The van der Waals surface area contributed by atoms with Gasteiger partial charge in [-0.1, -0.05) is 50.6 Å². The molecular weight excluding hydrogens is 423 g/mol. The molecule has 6 nitrogen and oxygen atoms in total. The van der Waals surface area contributed by atoms with Crippen LogP contribution in [0.25, 0.3) is 0 Å². The van der Waals surface area contributed by atoms with E-state index < -0.39 is 6.29 Å². The van der Waals surface area contributed by atoms with Crippen molar-refractivity contribution in [1.82, 2.24) is 9.99 Å². The van der Waals surface area contributed by atoms with Crippen LogP contribution in [0.4, 0.5) is 0 Å². The van der Waals surface area contributed by atoms with E-state index in [1.165, 1.54) is 37.4 Å². The van der Waals surface area contributed by atoms with Gasteiger partial charge in [0.15, 0.2) is 6.29 Å². The summed E-state index contributed by atoms with van der Waals surface area (Å²) in [7, 11) is -0.296. The van der Waals surface area contributed by atoms with Crippen molar-refractivity contribution in [2.45, 2.75) is 90.3 Å². The van der Waals surface area contributed by atoms with Gasteiger partial charge < -0.3 is 19.3 Å². The van der Waals surface area contributed by atoms with Crippen molar-refractivity contribution < 1.29 is 19.4 Å². The third kappa shape index (κ3) is 8.55. The Bertz CT molecular complexity index is 634. The van der Waals surface area contributed by atoms with Gasteiger partial charge >= 0.3 is 0 Å². The molecule has 0 aliphatic carbocycles. The fraction of sp³-hybridized carbons (Fsp3) is 0.680. The van der Waals surface area contributed by atoms with E-state index in [0.717, 1.165) is 25.0 Å². The first-order valence-electron chi connectivity index (χ1n) is 12.1. The summed E-state index contributed by atoms with van der Waals surface area (Å²) in [6.07, 6.45) is 6.90. The van der Waals surface area contributed by atoms with Gasteiger partial charge in [-0.25, -0.2) is 0 Å². The van der Waals surface area contributed by atoms with E-state index in [2.05, 4.69) is 22.1 Å². The predicted molar refractivity (Wildman–Crippen MR) is 133 cm³/mol. The summed E-state index contributed by atoms with van der Waals surface area (Å²) >= 11 is 0. The van der Waals surface area contributed by atoms with Gasteiger partial charge in [0, 0.05) is 13.2 Å². The highest BCUT2D eigenvalue weighted by Crippen LogP contribution is 2.56. The van der Waals surface area contributed by atoms with Gasteiger partial charge in [-0.15, -0.1) is 0 Å². The first-order valence-corrected chi connectivity index (χ1v) is 13.6. The maximum atomic E-state index is 13.1. The summed E-state index contributed by atoms with van der Waals surface area (Å²) in [5, 5.41) is 13.9. The van der Waals surface area contributed by atoms with Gasteiger partial charge in [0.25, 0.3) is 0 Å². The van der Waals surface area contributed by atoms with Gasteiger partial charge in [-0.2, -0.15) is 0 Å². The molecule has 0 spiro atoms. The fourth-order valence-corrected chi connectivity index (χ4v) is 7.65. The minimum atomic E-state index is -0.907. The first kappa shape index (κ1) is 28.7. The molecule has 2 saturated heterocycles. The van der Waals surface area contributed by atoms with Gasteiger partial charge in [0.05, 0.1) is 12.1 Å². The Morgan fingerprint density at radius 1 is 1.25 bits per heavy atom. The van der Waals surface area contributed by atoms with Gasteiger partial charge in [-0.3, -0.25) is 10.1 Å². The highest BCUT2D eigenvalue weighted by Gasteiger charge is 2.40. The molecule has 1 amide bonds. The number of aryl methyl sites for hydroxylation is 1. The SMILES string of the molecule is C=O.CC.CCOC(O)C(CCc1ccccc1)NC(C)C(=O)N1CCC2CCCCP21. The molecule has 2 aliphatic heterocycles. The number of carbonyl (C=O) groups excluding carboxylic acids is 2. The molecule has 1 aromatic rings. The van der Waals surface area contributed by atoms with Crippen LogP contribution in [-0.4, -0.2) is 65.8 Å². The van der Waals surface area contributed by atoms with Crippen molar-refractivity contribution in [3.63, 3.8) is 0 Å². The van der Waals surface area contributed by atoms with Crippen LogP contribution in [0.15, 0.2) is 30.3 Å². The minimum Gasteiger partial charge on any atom is -0.367 e. The van der Waals surface area contributed by atoms with Gasteiger partial charge in [-0.05, 0) is 71.4 Å². The summed E-state index contributed by atoms with van der Waals surface area (Å²) in [6.45, 7) is 11.2. The topological polar surface area (TPSA) is 78.9 Å². The lowest BCUT2D eigenvalue weighted by Crippen LogP contribution is -2.51. The molecule has 0 radical (unpaired) electrons. The van der Waals surface area contributed by atoms with Crippen molar-refractivity contribution in [1.29, 1.82) is 0 Å². The Morgan fingerprint density at radius 2 is 1.94 bits per heavy atom. The standard InChI is InChI=1S/C22H35N2O3P.C2H6.CH2O/c1-3-27-22(26)20(13-12-18-9-5-4-6-10-18)23-17(2)21(25)24-15-14-19-11-7-8-16-28(19)24;2*1-2/h4-6,9-10,17,19-20,22-23,26H,3,7-8,11-16H2,1-2H3;1-2H3;1H2. The molecule has 0 bridgehead atoms. The summed E-state index contributed by atoms with van der Waals surface area (Å²) in [5.74, 6) is 0.198. The minimum absolute atomic E-state index is 0.198. The number of amides is 1. The maximum Gasteiger partial charge on any atom is 0.242 e. The molecular formula is C25H43N2O4P. The lowest BCUT2D eigenvalue weighted by Gasteiger charge is -2.34. The Balaban J connectivity index is 0.00000121. The van der Waals surface area contributed by atoms with Crippen LogP contribution in [0.1, 0.15) is 65.4 Å².